The maximum absolute atomic E-state index is 2.19. The molecule has 0 N–H and O–H groups in total. The second-order valence-electron chi connectivity index (χ2n) is 2.27. The van der Waals surface area contributed by atoms with Gasteiger partial charge in [0.1, 0.15) is 0 Å². The van der Waals surface area contributed by atoms with E-state index in [0.717, 1.165) is 0 Å². The predicted octanol–water partition coefficient (Wildman–Crippen LogP) is 5.05. The molecule has 12 heavy (non-hydrogen) atoms. The van der Waals surface area contributed by atoms with Gasteiger partial charge < -0.3 is 0 Å². The summed E-state index contributed by atoms with van der Waals surface area (Å²) in [5.74, 6) is 0. The van der Waals surface area contributed by atoms with Gasteiger partial charge in [-0.3, -0.25) is 0 Å². The Kier molecular flexibility index (Phi) is 3.54. The van der Waals surface area contributed by atoms with Gasteiger partial charge in [-0.15, -0.1) is 0 Å². The number of hydrogen-bond donors (Lipinski definition) is 0. The van der Waals surface area contributed by atoms with Crippen molar-refractivity contribution in [3.63, 3.8) is 0 Å². The fraction of sp³-hybridized carbons (Fsp3) is 0.143. The highest BCUT2D eigenvalue weighted by Gasteiger charge is 2.11. The molecule has 0 radical (unpaired) electrons. The van der Waals surface area contributed by atoms with Gasteiger partial charge in [0.2, 0.25) is 0 Å². The van der Waals surface area contributed by atoms with Crippen LogP contribution in [-0.4, -0.2) is 0 Å². The molecule has 1 aromatic rings. The Hall–Kier alpha value is 0.970. The van der Waals surface area contributed by atoms with Crippen LogP contribution in [0.25, 0.3) is 0 Å². The third kappa shape index (κ3) is 2.07. The van der Waals surface area contributed by atoms with Crippen LogP contribution in [0.3, 0.4) is 0 Å². The van der Waals surface area contributed by atoms with Crippen molar-refractivity contribution in [1.82, 2.24) is 0 Å². The zero-order valence-electron chi connectivity index (χ0n) is 6.27. The van der Waals surface area contributed by atoms with Gasteiger partial charge in [0, 0.05) is 9.79 Å². The third-order valence-corrected chi connectivity index (χ3v) is 10.1. The largest absolute Gasteiger partial charge is 0.0608 e. The molecule has 0 amide bonds. The van der Waals surface area contributed by atoms with Crippen molar-refractivity contribution < 1.29 is 0 Å². The lowest BCUT2D eigenvalue weighted by molar-refractivity contribution is 1.18. The maximum atomic E-state index is 2.19. The summed E-state index contributed by atoms with van der Waals surface area (Å²) in [7, 11) is 9.27. The molecule has 0 aliphatic carbocycles. The van der Waals surface area contributed by atoms with Crippen molar-refractivity contribution in [2.75, 3.05) is 0 Å². The Labute approximate surface area is 91.0 Å². The summed E-state index contributed by atoms with van der Waals surface area (Å²) in [5.41, 5.74) is 1.39. The summed E-state index contributed by atoms with van der Waals surface area (Å²) in [6, 6.07) is 6.50. The third-order valence-electron chi connectivity index (χ3n) is 1.47. The van der Waals surface area contributed by atoms with Crippen molar-refractivity contribution in [1.29, 1.82) is 0 Å². The average Bonchev–Trinajstić information content (AvgIpc) is 2.30. The van der Waals surface area contributed by atoms with Crippen LogP contribution < -0.4 is 0 Å². The van der Waals surface area contributed by atoms with Crippen molar-refractivity contribution in [2.24, 2.45) is 0 Å². The lowest BCUT2D eigenvalue weighted by atomic mass is 10.2. The van der Waals surface area contributed by atoms with E-state index in [1.807, 2.05) is 51.1 Å². The second kappa shape index (κ2) is 4.46. The maximum Gasteiger partial charge on any atom is 0.0365 e. The Balaban J connectivity index is 2.42. The zero-order valence-corrected chi connectivity index (χ0v) is 10.4. The number of aryl methyl sites for hydroxylation is 1. The minimum Gasteiger partial charge on any atom is -0.0608 e. The van der Waals surface area contributed by atoms with Crippen LogP contribution in [-0.2, 0) is 0 Å². The van der Waals surface area contributed by atoms with E-state index in [-0.39, 0.29) is 0 Å². The van der Waals surface area contributed by atoms with Crippen LogP contribution >= 0.6 is 51.1 Å². The minimum atomic E-state index is 1.39. The van der Waals surface area contributed by atoms with Crippen molar-refractivity contribution in [3.05, 3.63) is 23.8 Å². The second-order valence-corrected chi connectivity index (χ2v) is 9.76. The van der Waals surface area contributed by atoms with Crippen LogP contribution in [0.2, 0.25) is 0 Å². The first-order valence-corrected chi connectivity index (χ1v) is 9.47. The highest BCUT2D eigenvalue weighted by molar-refractivity contribution is 9.36. The average molecular weight is 250 g/mol. The molecule has 0 saturated heterocycles. The molecule has 1 aromatic carbocycles. The molecule has 2 rings (SSSR count). The first-order chi connectivity index (χ1) is 5.88. The summed E-state index contributed by atoms with van der Waals surface area (Å²) >= 11 is 0. The smallest absolute Gasteiger partial charge is 0.0365 e. The summed E-state index contributed by atoms with van der Waals surface area (Å²) in [4.78, 5) is 2.84. The molecular formula is C7H6S5. The summed E-state index contributed by atoms with van der Waals surface area (Å²) in [6.07, 6.45) is 0. The number of benzene rings is 1. The van der Waals surface area contributed by atoms with Crippen molar-refractivity contribution in [3.8, 4) is 0 Å². The fourth-order valence-corrected chi connectivity index (χ4v) is 10.1. The minimum absolute atomic E-state index is 1.39. The van der Waals surface area contributed by atoms with Gasteiger partial charge >= 0.3 is 0 Å². The molecule has 0 bridgehead atoms. The van der Waals surface area contributed by atoms with E-state index >= 15 is 0 Å². The van der Waals surface area contributed by atoms with E-state index in [1.54, 1.807) is 0 Å². The fourth-order valence-electron chi connectivity index (χ4n) is 0.908. The topological polar surface area (TPSA) is 0 Å². The number of hydrogen-bond acceptors (Lipinski definition) is 5. The molecule has 1 aliphatic heterocycles. The van der Waals surface area contributed by atoms with Gasteiger partial charge in [0.05, 0.1) is 0 Å². The molecule has 0 atom stereocenters. The number of rotatable bonds is 0. The lowest BCUT2D eigenvalue weighted by Gasteiger charge is -2.04. The van der Waals surface area contributed by atoms with E-state index in [2.05, 4.69) is 25.1 Å². The van der Waals surface area contributed by atoms with Gasteiger partial charge in [-0.05, 0) is 69.6 Å². The van der Waals surface area contributed by atoms with Crippen molar-refractivity contribution >= 4 is 51.1 Å². The summed E-state index contributed by atoms with van der Waals surface area (Å²) < 4.78 is 0. The molecule has 1 aliphatic rings. The van der Waals surface area contributed by atoms with Crippen molar-refractivity contribution in [2.45, 2.75) is 16.7 Å². The molecular weight excluding hydrogens is 244 g/mol. The van der Waals surface area contributed by atoms with Crippen LogP contribution in [0.5, 0.6) is 0 Å². The van der Waals surface area contributed by atoms with Gasteiger partial charge in [-0.2, -0.15) is 0 Å². The molecule has 0 fully saturated rings. The zero-order chi connectivity index (χ0) is 8.39. The van der Waals surface area contributed by atoms with E-state index in [4.69, 9.17) is 0 Å². The Morgan fingerprint density at radius 3 is 2.75 bits per heavy atom. The normalized spacial score (nSPS) is 16.8. The molecule has 0 aromatic heterocycles. The Morgan fingerprint density at radius 2 is 1.83 bits per heavy atom. The van der Waals surface area contributed by atoms with Crippen LogP contribution in [0.4, 0.5) is 0 Å². The van der Waals surface area contributed by atoms with Gasteiger partial charge in [0.25, 0.3) is 0 Å². The van der Waals surface area contributed by atoms with Crippen LogP contribution in [0, 0.1) is 6.92 Å². The van der Waals surface area contributed by atoms with Gasteiger partial charge in [-0.1, -0.05) is 12.1 Å². The predicted molar refractivity (Wildman–Crippen MR) is 65.7 cm³/mol. The van der Waals surface area contributed by atoms with Gasteiger partial charge in [0.15, 0.2) is 0 Å². The van der Waals surface area contributed by atoms with Gasteiger partial charge in [-0.25, -0.2) is 0 Å². The lowest BCUT2D eigenvalue weighted by Crippen LogP contribution is -1.78. The molecule has 0 saturated carbocycles. The van der Waals surface area contributed by atoms with Crippen LogP contribution in [0.15, 0.2) is 28.0 Å². The van der Waals surface area contributed by atoms with E-state index in [0.29, 0.717) is 0 Å². The number of fused-ring (bicyclic) bond motifs is 1. The molecule has 0 unspecified atom stereocenters. The van der Waals surface area contributed by atoms with Crippen LogP contribution in [0.1, 0.15) is 5.56 Å². The van der Waals surface area contributed by atoms with E-state index in [9.17, 15) is 0 Å². The standard InChI is InChI=1S/C7H6S5/c1-5-3-2-4-6-7(5)9-11-12-10-8-6/h2-4H,1H3. The molecule has 0 spiro atoms. The molecule has 1 heterocycles. The van der Waals surface area contributed by atoms with E-state index in [1.165, 1.54) is 15.4 Å². The summed E-state index contributed by atoms with van der Waals surface area (Å²) in [6.45, 7) is 2.17. The molecule has 64 valence electrons. The monoisotopic (exact) mass is 250 g/mol. The molecule has 0 nitrogen and oxygen atoms in total. The SMILES string of the molecule is Cc1cccc2c1SSSSS2. The first-order valence-electron chi connectivity index (χ1n) is 3.32. The Bertz CT molecular complexity index is 285. The molecule has 5 heteroatoms. The highest BCUT2D eigenvalue weighted by atomic mass is 33.8. The first kappa shape index (κ1) is 9.52. The van der Waals surface area contributed by atoms with E-state index < -0.39 is 0 Å². The highest BCUT2D eigenvalue weighted by Crippen LogP contribution is 2.59. The quantitative estimate of drug-likeness (QED) is 0.589. The summed E-state index contributed by atoms with van der Waals surface area (Å²) in [5, 5.41) is 0. The Morgan fingerprint density at radius 1 is 1.00 bits per heavy atom.